The maximum Gasteiger partial charge on any atom is 0.141 e. The van der Waals surface area contributed by atoms with Gasteiger partial charge in [-0.2, -0.15) is 0 Å². The Morgan fingerprint density at radius 1 is 1.44 bits per heavy atom. The van der Waals surface area contributed by atoms with E-state index >= 15 is 0 Å². The lowest BCUT2D eigenvalue weighted by atomic mass is 9.92. The van der Waals surface area contributed by atoms with E-state index in [2.05, 4.69) is 25.7 Å². The number of halogens is 2. The summed E-state index contributed by atoms with van der Waals surface area (Å²) in [5.74, 6) is -0.377. The zero-order valence-electron chi connectivity index (χ0n) is 11.5. The fourth-order valence-corrected chi connectivity index (χ4v) is 2.09. The van der Waals surface area contributed by atoms with Gasteiger partial charge < -0.3 is 5.73 Å². The Hall–Kier alpha value is -0.640. The van der Waals surface area contributed by atoms with Gasteiger partial charge in [-0.25, -0.2) is 4.39 Å². The van der Waals surface area contributed by atoms with E-state index < -0.39 is 0 Å². The van der Waals surface area contributed by atoms with Crippen LogP contribution in [-0.4, -0.2) is 25.0 Å². The zero-order valence-corrected chi connectivity index (χ0v) is 12.3. The Morgan fingerprint density at radius 3 is 2.56 bits per heavy atom. The highest BCUT2D eigenvalue weighted by Gasteiger charge is 2.22. The van der Waals surface area contributed by atoms with Gasteiger partial charge in [-0.1, -0.05) is 31.5 Å². The number of nitrogens with zero attached hydrogens (tertiary/aromatic N) is 1. The molecule has 0 spiro atoms. The number of hydrogen-bond acceptors (Lipinski definition) is 2. The third kappa shape index (κ3) is 3.94. The van der Waals surface area contributed by atoms with Crippen LogP contribution in [0.5, 0.6) is 0 Å². The molecule has 2 nitrogen and oxygen atoms in total. The maximum absolute atomic E-state index is 13.1. The lowest BCUT2D eigenvalue weighted by Gasteiger charge is -2.33. The van der Waals surface area contributed by atoms with Gasteiger partial charge in [-0.05, 0) is 43.6 Å². The summed E-state index contributed by atoms with van der Waals surface area (Å²) >= 11 is 5.81. The molecule has 1 rings (SSSR count). The van der Waals surface area contributed by atoms with Crippen LogP contribution in [0.3, 0.4) is 0 Å². The standard InChI is InChI=1S/C14H22ClFN2/c1-10(18(4)9-14(2,3)8-17)11-5-6-13(16)12(15)7-11/h5-7,10H,8-9,17H2,1-4H3. The van der Waals surface area contributed by atoms with Crippen molar-refractivity contribution in [3.8, 4) is 0 Å². The summed E-state index contributed by atoms with van der Waals surface area (Å²) in [6.07, 6.45) is 0. The molecule has 0 amide bonds. The molecule has 0 bridgehead atoms. The number of rotatable bonds is 5. The van der Waals surface area contributed by atoms with Crippen molar-refractivity contribution < 1.29 is 4.39 Å². The van der Waals surface area contributed by atoms with Crippen molar-refractivity contribution >= 4 is 11.6 Å². The Bertz CT molecular complexity index is 407. The molecule has 2 N–H and O–H groups in total. The van der Waals surface area contributed by atoms with Crippen LogP contribution in [0.2, 0.25) is 5.02 Å². The smallest absolute Gasteiger partial charge is 0.141 e. The highest BCUT2D eigenvalue weighted by Crippen LogP contribution is 2.26. The van der Waals surface area contributed by atoms with Crippen LogP contribution in [0.4, 0.5) is 4.39 Å². The molecule has 1 aromatic rings. The molecule has 4 heteroatoms. The average Bonchev–Trinajstić information content (AvgIpc) is 2.31. The number of nitrogens with two attached hydrogens (primary N) is 1. The molecule has 1 aromatic carbocycles. The molecule has 0 fully saturated rings. The molecule has 0 aliphatic rings. The van der Waals surface area contributed by atoms with Crippen molar-refractivity contribution in [1.82, 2.24) is 4.90 Å². The van der Waals surface area contributed by atoms with Crippen molar-refractivity contribution in [2.75, 3.05) is 20.1 Å². The molecular formula is C14H22ClFN2. The van der Waals surface area contributed by atoms with E-state index in [1.807, 2.05) is 7.05 Å². The van der Waals surface area contributed by atoms with Gasteiger partial charge in [-0.15, -0.1) is 0 Å². The van der Waals surface area contributed by atoms with Gasteiger partial charge in [0.1, 0.15) is 5.82 Å². The van der Waals surface area contributed by atoms with Crippen molar-refractivity contribution in [2.24, 2.45) is 11.1 Å². The molecule has 102 valence electrons. The fraction of sp³-hybridized carbons (Fsp3) is 0.571. The third-order valence-electron chi connectivity index (χ3n) is 3.32. The first-order valence-electron chi connectivity index (χ1n) is 6.12. The Balaban J connectivity index is 2.80. The van der Waals surface area contributed by atoms with E-state index in [0.29, 0.717) is 6.54 Å². The second-order valence-electron chi connectivity index (χ2n) is 5.63. The number of hydrogen-bond donors (Lipinski definition) is 1. The van der Waals surface area contributed by atoms with Gasteiger partial charge in [0.25, 0.3) is 0 Å². The first-order valence-corrected chi connectivity index (χ1v) is 6.50. The van der Waals surface area contributed by atoms with Crippen LogP contribution in [-0.2, 0) is 0 Å². The summed E-state index contributed by atoms with van der Waals surface area (Å²) in [6.45, 7) is 7.85. The molecule has 0 aliphatic heterocycles. The largest absolute Gasteiger partial charge is 0.330 e. The summed E-state index contributed by atoms with van der Waals surface area (Å²) in [5.41, 5.74) is 6.81. The lowest BCUT2D eigenvalue weighted by molar-refractivity contribution is 0.174. The topological polar surface area (TPSA) is 29.3 Å². The average molecular weight is 273 g/mol. The molecule has 0 radical (unpaired) electrons. The zero-order chi connectivity index (χ0) is 13.9. The Labute approximate surface area is 114 Å². The first-order chi connectivity index (χ1) is 8.26. The minimum atomic E-state index is -0.377. The number of benzene rings is 1. The first kappa shape index (κ1) is 15.4. The molecule has 0 aliphatic carbocycles. The second-order valence-corrected chi connectivity index (χ2v) is 6.04. The van der Waals surface area contributed by atoms with E-state index in [1.54, 1.807) is 12.1 Å². The fourth-order valence-electron chi connectivity index (χ4n) is 1.90. The maximum atomic E-state index is 13.1. The molecular weight excluding hydrogens is 251 g/mol. The van der Waals surface area contributed by atoms with Crippen LogP contribution in [0.25, 0.3) is 0 Å². The van der Waals surface area contributed by atoms with E-state index in [9.17, 15) is 4.39 Å². The highest BCUT2D eigenvalue weighted by atomic mass is 35.5. The van der Waals surface area contributed by atoms with Gasteiger partial charge in [0.05, 0.1) is 5.02 Å². The van der Waals surface area contributed by atoms with Crippen molar-refractivity contribution in [1.29, 1.82) is 0 Å². The summed E-state index contributed by atoms with van der Waals surface area (Å²) < 4.78 is 13.1. The minimum Gasteiger partial charge on any atom is -0.330 e. The third-order valence-corrected chi connectivity index (χ3v) is 3.61. The van der Waals surface area contributed by atoms with Gasteiger partial charge in [0, 0.05) is 12.6 Å². The molecule has 0 heterocycles. The SMILES string of the molecule is CC(c1ccc(F)c(Cl)c1)N(C)CC(C)(C)CN. The summed E-state index contributed by atoms with van der Waals surface area (Å²) in [4.78, 5) is 2.20. The summed E-state index contributed by atoms with van der Waals surface area (Å²) in [7, 11) is 2.04. The summed E-state index contributed by atoms with van der Waals surface area (Å²) in [6, 6.07) is 5.05. The van der Waals surface area contributed by atoms with Gasteiger partial charge in [0.15, 0.2) is 0 Å². The van der Waals surface area contributed by atoms with E-state index in [0.717, 1.165) is 12.1 Å². The van der Waals surface area contributed by atoms with E-state index in [4.69, 9.17) is 17.3 Å². The summed E-state index contributed by atoms with van der Waals surface area (Å²) in [5, 5.41) is 0.172. The van der Waals surface area contributed by atoms with E-state index in [-0.39, 0.29) is 22.3 Å². The lowest BCUT2D eigenvalue weighted by Crippen LogP contribution is -2.37. The van der Waals surface area contributed by atoms with Gasteiger partial charge >= 0.3 is 0 Å². The minimum absolute atomic E-state index is 0.0623. The molecule has 18 heavy (non-hydrogen) atoms. The second kappa shape index (κ2) is 6.00. The van der Waals surface area contributed by atoms with Crippen molar-refractivity contribution in [3.05, 3.63) is 34.6 Å². The quantitative estimate of drug-likeness (QED) is 0.889. The monoisotopic (exact) mass is 272 g/mol. The molecule has 1 atom stereocenters. The van der Waals surface area contributed by atoms with Gasteiger partial charge in [0.2, 0.25) is 0 Å². The van der Waals surface area contributed by atoms with Crippen LogP contribution >= 0.6 is 11.6 Å². The van der Waals surface area contributed by atoms with Crippen LogP contribution in [0.15, 0.2) is 18.2 Å². The Kier molecular flexibility index (Phi) is 5.14. The van der Waals surface area contributed by atoms with E-state index in [1.165, 1.54) is 6.07 Å². The molecule has 0 saturated heterocycles. The Morgan fingerprint density at radius 2 is 2.06 bits per heavy atom. The molecule has 0 saturated carbocycles. The normalized spacial score (nSPS) is 14.0. The molecule has 1 unspecified atom stereocenters. The van der Waals surface area contributed by atoms with Crippen molar-refractivity contribution in [2.45, 2.75) is 26.8 Å². The highest BCUT2D eigenvalue weighted by molar-refractivity contribution is 6.30. The van der Waals surface area contributed by atoms with Crippen LogP contribution in [0.1, 0.15) is 32.4 Å². The molecule has 0 aromatic heterocycles. The van der Waals surface area contributed by atoms with Gasteiger partial charge in [-0.3, -0.25) is 4.90 Å². The van der Waals surface area contributed by atoms with Crippen molar-refractivity contribution in [3.63, 3.8) is 0 Å². The predicted molar refractivity (Wildman–Crippen MR) is 75.3 cm³/mol. The predicted octanol–water partition coefficient (Wildman–Crippen LogP) is 3.46. The van der Waals surface area contributed by atoms with Crippen LogP contribution < -0.4 is 5.73 Å². The van der Waals surface area contributed by atoms with Crippen LogP contribution in [0, 0.1) is 11.2 Å².